The van der Waals surface area contributed by atoms with Gasteiger partial charge in [0.2, 0.25) is 0 Å². The third kappa shape index (κ3) is 2.76. The van der Waals surface area contributed by atoms with Gasteiger partial charge in [-0.2, -0.15) is 0 Å². The Morgan fingerprint density at radius 3 is 3.05 bits per heavy atom. The number of halogens is 1. The van der Waals surface area contributed by atoms with Crippen LogP contribution in [0.5, 0.6) is 0 Å². The number of aromatic nitrogens is 1. The number of ether oxygens (including phenoxy) is 1. The van der Waals surface area contributed by atoms with E-state index in [1.165, 1.54) is 37.8 Å². The van der Waals surface area contributed by atoms with Gasteiger partial charge >= 0.3 is 5.97 Å². The molecule has 1 aromatic heterocycles. The standard InChI is InChI=1S/C14H20ClN3O2S/c1-3-9-7-17-6-4-5-10(17)8-18(9)14-16-12(15)11(21-14)13(19)20-2/h9-10H,3-8H2,1-2H3. The van der Waals surface area contributed by atoms with Crippen molar-refractivity contribution in [3.8, 4) is 0 Å². The highest BCUT2D eigenvalue weighted by atomic mass is 35.5. The minimum Gasteiger partial charge on any atom is -0.465 e. The average Bonchev–Trinajstić information content (AvgIpc) is 3.10. The average molecular weight is 330 g/mol. The number of fused-ring (bicyclic) bond motifs is 1. The fourth-order valence-electron chi connectivity index (χ4n) is 3.30. The summed E-state index contributed by atoms with van der Waals surface area (Å²) in [5.74, 6) is -0.406. The number of anilines is 1. The number of rotatable bonds is 3. The van der Waals surface area contributed by atoms with Crippen LogP contribution in [0.1, 0.15) is 35.9 Å². The lowest BCUT2D eigenvalue weighted by Gasteiger charge is -2.43. The number of esters is 1. The molecule has 1 aromatic rings. The number of hydrogen-bond acceptors (Lipinski definition) is 6. The second kappa shape index (κ2) is 6.10. The lowest BCUT2D eigenvalue weighted by atomic mass is 10.1. The molecule has 21 heavy (non-hydrogen) atoms. The molecule has 2 aliphatic rings. The maximum atomic E-state index is 11.7. The molecule has 2 aliphatic heterocycles. The van der Waals surface area contributed by atoms with E-state index in [1.807, 2.05) is 0 Å². The predicted molar refractivity (Wildman–Crippen MR) is 84.5 cm³/mol. The van der Waals surface area contributed by atoms with Gasteiger partial charge in [0.15, 0.2) is 15.2 Å². The molecule has 3 heterocycles. The second-order valence-corrected chi connectivity index (χ2v) is 6.95. The Morgan fingerprint density at radius 1 is 1.52 bits per heavy atom. The summed E-state index contributed by atoms with van der Waals surface area (Å²) in [5.41, 5.74) is 0. The summed E-state index contributed by atoms with van der Waals surface area (Å²) in [6, 6.07) is 1.05. The highest BCUT2D eigenvalue weighted by Gasteiger charge is 2.37. The Balaban J connectivity index is 1.85. The summed E-state index contributed by atoms with van der Waals surface area (Å²) in [4.78, 5) is 21.4. The van der Waals surface area contributed by atoms with Gasteiger partial charge < -0.3 is 9.64 Å². The monoisotopic (exact) mass is 329 g/mol. The summed E-state index contributed by atoms with van der Waals surface area (Å²) >= 11 is 7.44. The van der Waals surface area contributed by atoms with Gasteiger partial charge in [0.25, 0.3) is 0 Å². The summed E-state index contributed by atoms with van der Waals surface area (Å²) in [7, 11) is 1.37. The molecule has 0 aliphatic carbocycles. The second-order valence-electron chi connectivity index (χ2n) is 5.61. The maximum absolute atomic E-state index is 11.7. The Morgan fingerprint density at radius 2 is 2.33 bits per heavy atom. The SMILES string of the molecule is CCC1CN2CCCC2CN1c1nc(Cl)c(C(=O)OC)s1. The van der Waals surface area contributed by atoms with Crippen molar-refractivity contribution in [3.05, 3.63) is 10.0 Å². The van der Waals surface area contributed by atoms with E-state index in [0.29, 0.717) is 17.0 Å². The molecule has 0 radical (unpaired) electrons. The first-order valence-corrected chi connectivity index (χ1v) is 8.58. The van der Waals surface area contributed by atoms with Crippen molar-refractivity contribution < 1.29 is 9.53 Å². The molecule has 3 rings (SSSR count). The largest absolute Gasteiger partial charge is 0.465 e. The molecule has 0 aromatic carbocycles. The first-order chi connectivity index (χ1) is 10.1. The Labute approximate surface area is 133 Å². The highest BCUT2D eigenvalue weighted by molar-refractivity contribution is 7.18. The van der Waals surface area contributed by atoms with Gasteiger partial charge in [0, 0.05) is 25.2 Å². The normalized spacial score (nSPS) is 26.0. The van der Waals surface area contributed by atoms with Gasteiger partial charge in [-0.15, -0.1) is 0 Å². The molecule has 5 nitrogen and oxygen atoms in total. The van der Waals surface area contributed by atoms with Crippen molar-refractivity contribution in [2.45, 2.75) is 38.3 Å². The third-order valence-corrected chi connectivity index (χ3v) is 5.91. The molecule has 2 saturated heterocycles. The van der Waals surface area contributed by atoms with Crippen LogP contribution in [0.25, 0.3) is 0 Å². The van der Waals surface area contributed by atoms with E-state index in [4.69, 9.17) is 16.3 Å². The number of methoxy groups -OCH3 is 1. The van der Waals surface area contributed by atoms with Crippen molar-refractivity contribution in [2.75, 3.05) is 31.6 Å². The fraction of sp³-hybridized carbons (Fsp3) is 0.714. The lowest BCUT2D eigenvalue weighted by molar-refractivity contribution is 0.0606. The molecular formula is C14H20ClN3O2S. The van der Waals surface area contributed by atoms with Gasteiger partial charge in [-0.25, -0.2) is 9.78 Å². The first kappa shape index (κ1) is 15.1. The van der Waals surface area contributed by atoms with Crippen LogP contribution in [0.4, 0.5) is 5.13 Å². The lowest BCUT2D eigenvalue weighted by Crippen LogP contribution is -2.56. The van der Waals surface area contributed by atoms with E-state index in [1.54, 1.807) is 0 Å². The smallest absolute Gasteiger partial charge is 0.351 e. The van der Waals surface area contributed by atoms with Gasteiger partial charge in [0.1, 0.15) is 0 Å². The summed E-state index contributed by atoms with van der Waals surface area (Å²) in [6.45, 7) is 5.46. The number of piperazine rings is 1. The number of nitrogens with zero attached hydrogens (tertiary/aromatic N) is 3. The van der Waals surface area contributed by atoms with Crippen LogP contribution in [0.15, 0.2) is 0 Å². The summed E-state index contributed by atoms with van der Waals surface area (Å²) < 4.78 is 4.76. The van der Waals surface area contributed by atoms with Crippen molar-refractivity contribution in [3.63, 3.8) is 0 Å². The van der Waals surface area contributed by atoms with E-state index in [2.05, 4.69) is 21.7 Å². The first-order valence-electron chi connectivity index (χ1n) is 7.39. The van der Waals surface area contributed by atoms with E-state index >= 15 is 0 Å². The molecule has 0 N–H and O–H groups in total. The predicted octanol–water partition coefficient (Wildman–Crippen LogP) is 2.65. The van der Waals surface area contributed by atoms with E-state index in [0.717, 1.165) is 24.6 Å². The zero-order valence-electron chi connectivity index (χ0n) is 12.3. The Bertz CT molecular complexity index is 536. The molecule has 0 saturated carbocycles. The molecule has 2 atom stereocenters. The summed E-state index contributed by atoms with van der Waals surface area (Å²) in [6.07, 6.45) is 3.59. The van der Waals surface area contributed by atoms with E-state index < -0.39 is 5.97 Å². The molecule has 0 bridgehead atoms. The van der Waals surface area contributed by atoms with Crippen molar-refractivity contribution in [2.24, 2.45) is 0 Å². The summed E-state index contributed by atoms with van der Waals surface area (Å²) in [5, 5.41) is 1.10. The minimum absolute atomic E-state index is 0.255. The van der Waals surface area contributed by atoms with E-state index in [-0.39, 0.29) is 5.15 Å². The fourth-order valence-corrected chi connectivity index (χ4v) is 4.58. The number of carbonyl (C=O) groups excluding carboxylic acids is 1. The van der Waals surface area contributed by atoms with Crippen LogP contribution in [0, 0.1) is 0 Å². The molecule has 0 spiro atoms. The minimum atomic E-state index is -0.406. The van der Waals surface area contributed by atoms with Crippen molar-refractivity contribution >= 4 is 34.0 Å². The third-order valence-electron chi connectivity index (χ3n) is 4.45. The quantitative estimate of drug-likeness (QED) is 0.798. The Kier molecular flexibility index (Phi) is 4.38. The van der Waals surface area contributed by atoms with Gasteiger partial charge in [-0.3, -0.25) is 4.90 Å². The van der Waals surface area contributed by atoms with Crippen LogP contribution < -0.4 is 4.90 Å². The highest BCUT2D eigenvalue weighted by Crippen LogP contribution is 2.35. The maximum Gasteiger partial charge on any atom is 0.351 e. The van der Waals surface area contributed by atoms with Crippen LogP contribution in [0.2, 0.25) is 5.15 Å². The van der Waals surface area contributed by atoms with E-state index in [9.17, 15) is 4.79 Å². The van der Waals surface area contributed by atoms with Gasteiger partial charge in [-0.05, 0) is 25.8 Å². The van der Waals surface area contributed by atoms with Gasteiger partial charge in [-0.1, -0.05) is 29.9 Å². The topological polar surface area (TPSA) is 45.7 Å². The molecular weight excluding hydrogens is 310 g/mol. The molecule has 0 amide bonds. The number of hydrogen-bond donors (Lipinski definition) is 0. The van der Waals surface area contributed by atoms with Crippen molar-refractivity contribution in [1.82, 2.24) is 9.88 Å². The molecule has 116 valence electrons. The van der Waals surface area contributed by atoms with Crippen LogP contribution in [-0.2, 0) is 4.74 Å². The van der Waals surface area contributed by atoms with Crippen LogP contribution in [0.3, 0.4) is 0 Å². The van der Waals surface area contributed by atoms with Crippen LogP contribution in [-0.4, -0.2) is 54.7 Å². The number of carbonyl (C=O) groups is 1. The van der Waals surface area contributed by atoms with Crippen LogP contribution >= 0.6 is 22.9 Å². The molecule has 7 heteroatoms. The zero-order chi connectivity index (χ0) is 15.0. The van der Waals surface area contributed by atoms with Crippen molar-refractivity contribution in [1.29, 1.82) is 0 Å². The van der Waals surface area contributed by atoms with Gasteiger partial charge in [0.05, 0.1) is 7.11 Å². The molecule has 2 fully saturated rings. The number of thiazole rings is 1. The molecule has 2 unspecified atom stereocenters. The zero-order valence-corrected chi connectivity index (χ0v) is 13.9. The Hall–Kier alpha value is -0.850.